The van der Waals surface area contributed by atoms with Gasteiger partial charge < -0.3 is 30.4 Å². The number of H-pyrrole nitrogens is 1. The van der Waals surface area contributed by atoms with Gasteiger partial charge in [-0.05, 0) is 5.56 Å². The quantitative estimate of drug-likeness (QED) is 0.187. The first kappa shape index (κ1) is 20.3. The molecule has 0 unspecified atom stereocenters. The van der Waals surface area contributed by atoms with E-state index in [1.165, 1.54) is 12.1 Å². The molecule has 0 saturated carbocycles. The average molecular weight is 399 g/mol. The van der Waals surface area contributed by atoms with Crippen LogP contribution >= 0.6 is 0 Å². The zero-order valence-electron chi connectivity index (χ0n) is 14.3. The Morgan fingerprint density at radius 1 is 1.25 bits per heavy atom. The van der Waals surface area contributed by atoms with E-state index in [9.17, 15) is 39.6 Å². The second kappa shape index (κ2) is 7.18. The monoisotopic (exact) mass is 399 g/mol. The van der Waals surface area contributed by atoms with E-state index in [4.69, 9.17) is 4.74 Å². The lowest BCUT2D eigenvalue weighted by Crippen LogP contribution is -2.68. The lowest BCUT2D eigenvalue weighted by atomic mass is 10.0. The second-order valence-corrected chi connectivity index (χ2v) is 6.18. The van der Waals surface area contributed by atoms with Crippen LogP contribution in [0.1, 0.15) is 0 Å². The maximum atomic E-state index is 13.1. The number of aliphatic hydroxyl groups is 4. The molecule has 3 rings (SSSR count). The summed E-state index contributed by atoms with van der Waals surface area (Å²) in [6, 6.07) is 7.93. The van der Waals surface area contributed by atoms with Gasteiger partial charge in [0.05, 0.1) is 12.2 Å². The molecule has 6 N–H and O–H groups in total. The zero-order valence-corrected chi connectivity index (χ0v) is 14.3. The van der Waals surface area contributed by atoms with Crippen molar-refractivity contribution >= 4 is 0 Å². The van der Waals surface area contributed by atoms with Crippen molar-refractivity contribution in [1.29, 1.82) is 0 Å². The van der Waals surface area contributed by atoms with Crippen LogP contribution in [-0.2, 0) is 10.6 Å². The Kier molecular flexibility index (Phi) is 5.20. The Morgan fingerprint density at radius 2 is 1.89 bits per heavy atom. The van der Waals surface area contributed by atoms with E-state index in [1.807, 2.05) is 4.98 Å². The summed E-state index contributed by atoms with van der Waals surface area (Å²) in [6.45, 7) is -2.73. The van der Waals surface area contributed by atoms with Crippen LogP contribution in [-0.4, -0.2) is 71.6 Å². The molecule has 1 aliphatic rings. The largest absolute Gasteiger partial charge is 0.394 e. The molecule has 2 aromatic rings. The van der Waals surface area contributed by atoms with Gasteiger partial charge in [-0.2, -0.15) is 0 Å². The van der Waals surface area contributed by atoms with E-state index in [-0.39, 0.29) is 10.1 Å². The Bertz CT molecular complexity index is 966. The maximum Gasteiger partial charge on any atom is 0.332 e. The number of rotatable bonds is 5. The SMILES string of the molecule is O=c1[nH]c(=O)n([C@@]2(O)O[C@H](CO)[C@@H](O)[C@]2(O)N(O)CF)cc1-c1ccccc1. The predicted molar refractivity (Wildman–Crippen MR) is 89.5 cm³/mol. The summed E-state index contributed by atoms with van der Waals surface area (Å²) in [5, 5.41) is 50.4. The number of ether oxygens (including phenoxy) is 1. The van der Waals surface area contributed by atoms with Gasteiger partial charge in [0, 0.05) is 6.20 Å². The molecule has 0 spiro atoms. The number of hydrogen-bond acceptors (Lipinski definition) is 9. The summed E-state index contributed by atoms with van der Waals surface area (Å²) in [6.07, 6.45) is -3.11. The van der Waals surface area contributed by atoms with Crippen LogP contribution in [0.15, 0.2) is 46.1 Å². The Morgan fingerprint density at radius 3 is 2.46 bits per heavy atom. The highest BCUT2D eigenvalue weighted by Gasteiger charge is 2.70. The van der Waals surface area contributed by atoms with Gasteiger partial charge in [0.25, 0.3) is 5.56 Å². The van der Waals surface area contributed by atoms with Crippen LogP contribution in [0, 0.1) is 0 Å². The number of aromatic nitrogens is 2. The Balaban J connectivity index is 2.26. The van der Waals surface area contributed by atoms with Crippen LogP contribution in [0.25, 0.3) is 11.1 Å². The minimum absolute atomic E-state index is 0.133. The van der Waals surface area contributed by atoms with Crippen molar-refractivity contribution in [3.05, 3.63) is 57.4 Å². The third kappa shape index (κ3) is 2.79. The first-order valence-electron chi connectivity index (χ1n) is 8.06. The fourth-order valence-electron chi connectivity index (χ4n) is 3.12. The molecule has 12 heteroatoms. The molecule has 1 aromatic carbocycles. The van der Waals surface area contributed by atoms with Gasteiger partial charge in [0.15, 0.2) is 6.80 Å². The molecule has 2 heterocycles. The number of benzene rings is 1. The normalized spacial score (nSPS) is 30.1. The molecular weight excluding hydrogens is 381 g/mol. The molecule has 1 aromatic heterocycles. The van der Waals surface area contributed by atoms with Gasteiger partial charge >= 0.3 is 11.6 Å². The summed E-state index contributed by atoms with van der Waals surface area (Å²) in [7, 11) is 0. The van der Waals surface area contributed by atoms with Crippen LogP contribution in [0.2, 0.25) is 0 Å². The summed E-state index contributed by atoms with van der Waals surface area (Å²) in [4.78, 5) is 26.4. The standard InChI is InChI=1S/C16H18FN3O8/c17-8-20(27)15(25)12(22)11(7-21)28-16(15,26)19-6-10(13(23)18-14(19)24)9-4-2-1-3-5-9/h1-6,11-12,21-22,25-27H,7-8H2,(H,18,23,24)/t11-,12-,15-,16+/m1/s1. The van der Waals surface area contributed by atoms with E-state index >= 15 is 0 Å². The van der Waals surface area contributed by atoms with Crippen LogP contribution in [0.4, 0.5) is 4.39 Å². The topological polar surface area (TPSA) is 168 Å². The molecule has 1 aliphatic heterocycles. The van der Waals surface area contributed by atoms with Gasteiger partial charge in [-0.15, -0.1) is 5.06 Å². The van der Waals surface area contributed by atoms with E-state index in [0.29, 0.717) is 5.56 Å². The van der Waals surface area contributed by atoms with Crippen molar-refractivity contribution in [2.75, 3.05) is 13.4 Å². The van der Waals surface area contributed by atoms with Crippen LogP contribution in [0.5, 0.6) is 0 Å². The summed E-state index contributed by atoms with van der Waals surface area (Å²) < 4.78 is 18.4. The number of alkyl halides is 1. The van der Waals surface area contributed by atoms with Gasteiger partial charge in [0.2, 0.25) is 5.72 Å². The van der Waals surface area contributed by atoms with E-state index in [1.54, 1.807) is 18.2 Å². The lowest BCUT2D eigenvalue weighted by molar-refractivity contribution is -0.416. The van der Waals surface area contributed by atoms with Crippen molar-refractivity contribution in [1.82, 2.24) is 14.6 Å². The third-order valence-corrected chi connectivity index (χ3v) is 4.60. The molecule has 4 atom stereocenters. The fourth-order valence-corrected chi connectivity index (χ4v) is 3.12. The van der Waals surface area contributed by atoms with Gasteiger partial charge in [-0.1, -0.05) is 30.3 Å². The van der Waals surface area contributed by atoms with Crippen molar-refractivity contribution < 1.29 is 34.8 Å². The van der Waals surface area contributed by atoms with E-state index < -0.39 is 53.6 Å². The number of aliphatic hydroxyl groups excluding tert-OH is 2. The molecule has 1 saturated heterocycles. The number of nitrogens with zero attached hydrogens (tertiary/aromatic N) is 2. The number of nitrogens with one attached hydrogen (secondary N) is 1. The van der Waals surface area contributed by atoms with Crippen molar-refractivity contribution in [2.24, 2.45) is 0 Å². The van der Waals surface area contributed by atoms with Crippen molar-refractivity contribution in [3.63, 3.8) is 0 Å². The van der Waals surface area contributed by atoms with Gasteiger partial charge in [0.1, 0.15) is 12.2 Å². The second-order valence-electron chi connectivity index (χ2n) is 6.18. The molecule has 1 fully saturated rings. The van der Waals surface area contributed by atoms with Crippen molar-refractivity contribution in [2.45, 2.75) is 23.8 Å². The smallest absolute Gasteiger partial charge is 0.332 e. The Hall–Kier alpha value is -2.45. The molecular formula is C16H18FN3O8. The molecule has 0 bridgehead atoms. The van der Waals surface area contributed by atoms with Crippen molar-refractivity contribution in [3.8, 4) is 11.1 Å². The number of hydrogen-bond donors (Lipinski definition) is 6. The highest BCUT2D eigenvalue weighted by atomic mass is 19.1. The highest BCUT2D eigenvalue weighted by molar-refractivity contribution is 5.61. The van der Waals surface area contributed by atoms with E-state index in [0.717, 1.165) is 6.20 Å². The predicted octanol–water partition coefficient (Wildman–Crippen LogP) is -2.13. The lowest BCUT2D eigenvalue weighted by Gasteiger charge is -2.40. The molecule has 0 radical (unpaired) electrons. The zero-order chi connectivity index (χ0) is 20.7. The summed E-state index contributed by atoms with van der Waals surface area (Å²) in [5.74, 6) is -3.27. The maximum absolute atomic E-state index is 13.1. The average Bonchev–Trinajstić information content (AvgIpc) is 2.90. The van der Waals surface area contributed by atoms with Crippen LogP contribution in [0.3, 0.4) is 0 Å². The first-order valence-corrected chi connectivity index (χ1v) is 8.06. The number of hydroxylamine groups is 2. The van der Waals surface area contributed by atoms with Crippen LogP contribution < -0.4 is 11.2 Å². The fraction of sp³-hybridized carbons (Fsp3) is 0.375. The van der Waals surface area contributed by atoms with E-state index in [2.05, 4.69) is 0 Å². The highest BCUT2D eigenvalue weighted by Crippen LogP contribution is 2.43. The minimum Gasteiger partial charge on any atom is -0.394 e. The number of halogens is 1. The molecule has 28 heavy (non-hydrogen) atoms. The Labute approximate surface area is 156 Å². The molecule has 0 amide bonds. The summed E-state index contributed by atoms with van der Waals surface area (Å²) >= 11 is 0. The molecule has 152 valence electrons. The number of aromatic amines is 1. The van der Waals surface area contributed by atoms with Gasteiger partial charge in [-0.3, -0.25) is 9.78 Å². The summed E-state index contributed by atoms with van der Waals surface area (Å²) in [5.41, 5.74) is -5.23. The molecule has 11 nitrogen and oxygen atoms in total. The third-order valence-electron chi connectivity index (χ3n) is 4.60. The van der Waals surface area contributed by atoms with Gasteiger partial charge in [-0.25, -0.2) is 13.8 Å². The minimum atomic E-state index is -3.30. The molecule has 0 aliphatic carbocycles. The first-order chi connectivity index (χ1) is 13.2.